The van der Waals surface area contributed by atoms with E-state index >= 15 is 0 Å². The van der Waals surface area contributed by atoms with E-state index in [-0.39, 0.29) is 0 Å². The van der Waals surface area contributed by atoms with E-state index < -0.39 is 0 Å². The molecule has 0 N–H and O–H groups in total. The van der Waals surface area contributed by atoms with Gasteiger partial charge in [0.1, 0.15) is 5.75 Å². The van der Waals surface area contributed by atoms with Gasteiger partial charge in [0.05, 0.1) is 6.61 Å². The predicted octanol–water partition coefficient (Wildman–Crippen LogP) is 5.66. The zero-order chi connectivity index (χ0) is 13.8. The fourth-order valence-corrected chi connectivity index (χ4v) is 2.94. The van der Waals surface area contributed by atoms with Crippen LogP contribution in [0.4, 0.5) is 0 Å². The summed E-state index contributed by atoms with van der Waals surface area (Å²) >= 11 is 3.59. The molecule has 2 heteroatoms. The standard InChI is InChI=1S/C17H21BrO/c1-12(2)10-13(3)11-19-17-9-8-16(18)14-6-4-5-7-15(14)17/h4-9,12-13H,10-11H2,1-3H3. The van der Waals surface area contributed by atoms with Crippen molar-refractivity contribution in [1.82, 2.24) is 0 Å². The zero-order valence-corrected chi connectivity index (χ0v) is 13.4. The van der Waals surface area contributed by atoms with E-state index in [4.69, 9.17) is 4.74 Å². The molecule has 0 aliphatic rings. The van der Waals surface area contributed by atoms with Crippen LogP contribution in [0.25, 0.3) is 10.8 Å². The average molecular weight is 321 g/mol. The van der Waals surface area contributed by atoms with Crippen LogP contribution < -0.4 is 4.74 Å². The molecule has 0 aliphatic heterocycles. The minimum atomic E-state index is 0.586. The van der Waals surface area contributed by atoms with Gasteiger partial charge >= 0.3 is 0 Å². The van der Waals surface area contributed by atoms with Gasteiger partial charge in [-0.25, -0.2) is 0 Å². The molecule has 1 unspecified atom stereocenters. The lowest BCUT2D eigenvalue weighted by molar-refractivity contribution is 0.241. The Hall–Kier alpha value is -1.02. The molecule has 0 saturated heterocycles. The van der Waals surface area contributed by atoms with E-state index in [0.717, 1.165) is 22.7 Å². The van der Waals surface area contributed by atoms with Crippen LogP contribution in [0.3, 0.4) is 0 Å². The van der Waals surface area contributed by atoms with Gasteiger partial charge in [0.15, 0.2) is 0 Å². The third-order valence-electron chi connectivity index (χ3n) is 3.23. The van der Waals surface area contributed by atoms with Gasteiger partial charge in [0.2, 0.25) is 0 Å². The van der Waals surface area contributed by atoms with E-state index in [1.54, 1.807) is 0 Å². The van der Waals surface area contributed by atoms with E-state index in [0.29, 0.717) is 5.92 Å². The monoisotopic (exact) mass is 320 g/mol. The molecule has 1 nitrogen and oxygen atoms in total. The molecule has 0 amide bonds. The molecule has 0 heterocycles. The highest BCUT2D eigenvalue weighted by Crippen LogP contribution is 2.31. The van der Waals surface area contributed by atoms with Crippen molar-refractivity contribution < 1.29 is 4.74 Å². The first-order valence-electron chi connectivity index (χ1n) is 6.88. The van der Waals surface area contributed by atoms with Crippen LogP contribution in [-0.4, -0.2) is 6.61 Å². The first-order chi connectivity index (χ1) is 9.08. The highest BCUT2D eigenvalue weighted by atomic mass is 79.9. The highest BCUT2D eigenvalue weighted by molar-refractivity contribution is 9.10. The summed E-state index contributed by atoms with van der Waals surface area (Å²) < 4.78 is 7.13. The van der Waals surface area contributed by atoms with Crippen molar-refractivity contribution in [2.75, 3.05) is 6.61 Å². The molecule has 19 heavy (non-hydrogen) atoms. The number of hydrogen-bond donors (Lipinski definition) is 0. The maximum Gasteiger partial charge on any atom is 0.127 e. The van der Waals surface area contributed by atoms with E-state index in [1.165, 1.54) is 17.2 Å². The second-order valence-corrected chi connectivity index (χ2v) is 6.49. The summed E-state index contributed by atoms with van der Waals surface area (Å²) in [5.74, 6) is 2.29. The highest BCUT2D eigenvalue weighted by Gasteiger charge is 2.09. The van der Waals surface area contributed by atoms with Crippen LogP contribution in [0, 0.1) is 11.8 Å². The summed E-state index contributed by atoms with van der Waals surface area (Å²) in [4.78, 5) is 0. The van der Waals surface area contributed by atoms with Crippen molar-refractivity contribution in [3.05, 3.63) is 40.9 Å². The third-order valence-corrected chi connectivity index (χ3v) is 3.92. The van der Waals surface area contributed by atoms with Crippen molar-refractivity contribution in [3.8, 4) is 5.75 Å². The van der Waals surface area contributed by atoms with Gasteiger partial charge in [0, 0.05) is 9.86 Å². The Kier molecular flexibility index (Phi) is 4.87. The minimum absolute atomic E-state index is 0.586. The Bertz CT molecular complexity index is 548. The Balaban J connectivity index is 2.15. The lowest BCUT2D eigenvalue weighted by Gasteiger charge is -2.16. The molecular formula is C17H21BrO. The van der Waals surface area contributed by atoms with Crippen molar-refractivity contribution in [2.45, 2.75) is 27.2 Å². The number of hydrogen-bond acceptors (Lipinski definition) is 1. The van der Waals surface area contributed by atoms with E-state index in [9.17, 15) is 0 Å². The van der Waals surface area contributed by atoms with Crippen molar-refractivity contribution in [3.63, 3.8) is 0 Å². The van der Waals surface area contributed by atoms with Gasteiger partial charge in [-0.1, -0.05) is 61.0 Å². The maximum atomic E-state index is 6.02. The topological polar surface area (TPSA) is 9.23 Å². The predicted molar refractivity (Wildman–Crippen MR) is 85.8 cm³/mol. The van der Waals surface area contributed by atoms with Crippen LogP contribution in [-0.2, 0) is 0 Å². The summed E-state index contributed by atoms with van der Waals surface area (Å²) in [5, 5.41) is 2.38. The van der Waals surface area contributed by atoms with E-state index in [2.05, 4.69) is 73.1 Å². The number of fused-ring (bicyclic) bond motifs is 1. The molecule has 102 valence electrons. The minimum Gasteiger partial charge on any atom is -0.493 e. The van der Waals surface area contributed by atoms with Crippen LogP contribution in [0.5, 0.6) is 5.75 Å². The molecular weight excluding hydrogens is 300 g/mol. The second kappa shape index (κ2) is 6.42. The first-order valence-corrected chi connectivity index (χ1v) is 7.67. The number of halogens is 1. The zero-order valence-electron chi connectivity index (χ0n) is 11.8. The number of rotatable bonds is 5. The van der Waals surface area contributed by atoms with E-state index in [1.807, 2.05) is 0 Å². The fourth-order valence-electron chi connectivity index (χ4n) is 2.47. The molecule has 0 bridgehead atoms. The number of benzene rings is 2. The van der Waals surface area contributed by atoms with Gasteiger partial charge in [-0.3, -0.25) is 0 Å². The van der Waals surface area contributed by atoms with Crippen molar-refractivity contribution in [1.29, 1.82) is 0 Å². The van der Waals surface area contributed by atoms with Gasteiger partial charge in [-0.15, -0.1) is 0 Å². The lowest BCUT2D eigenvalue weighted by atomic mass is 10.00. The smallest absolute Gasteiger partial charge is 0.127 e. The van der Waals surface area contributed by atoms with Crippen LogP contribution >= 0.6 is 15.9 Å². The quantitative estimate of drug-likeness (QED) is 0.690. The van der Waals surface area contributed by atoms with Gasteiger partial charge < -0.3 is 4.74 Å². The Morgan fingerprint density at radius 1 is 1.00 bits per heavy atom. The Morgan fingerprint density at radius 2 is 1.68 bits per heavy atom. The van der Waals surface area contributed by atoms with Crippen LogP contribution in [0.1, 0.15) is 27.2 Å². The Labute approximate surface area is 124 Å². The third kappa shape index (κ3) is 3.73. The molecule has 2 aromatic carbocycles. The van der Waals surface area contributed by atoms with Crippen molar-refractivity contribution in [2.24, 2.45) is 11.8 Å². The average Bonchev–Trinajstić information content (AvgIpc) is 2.37. The summed E-state index contributed by atoms with van der Waals surface area (Å²) in [7, 11) is 0. The molecule has 0 saturated carbocycles. The lowest BCUT2D eigenvalue weighted by Crippen LogP contribution is -2.11. The van der Waals surface area contributed by atoms with Crippen molar-refractivity contribution >= 4 is 26.7 Å². The molecule has 1 atom stereocenters. The maximum absolute atomic E-state index is 6.02. The molecule has 0 spiro atoms. The van der Waals surface area contributed by atoms with Gasteiger partial charge in [-0.05, 0) is 35.8 Å². The summed E-state index contributed by atoms with van der Waals surface area (Å²) in [5.41, 5.74) is 0. The SMILES string of the molecule is CC(C)CC(C)COc1ccc(Br)c2ccccc12. The van der Waals surface area contributed by atoms with Crippen LogP contribution in [0.15, 0.2) is 40.9 Å². The summed E-state index contributed by atoms with van der Waals surface area (Å²) in [6.45, 7) is 7.54. The normalized spacial score (nSPS) is 12.9. The molecule has 0 fully saturated rings. The number of ether oxygens (including phenoxy) is 1. The fraction of sp³-hybridized carbons (Fsp3) is 0.412. The second-order valence-electron chi connectivity index (χ2n) is 5.64. The first kappa shape index (κ1) is 14.4. The molecule has 0 aromatic heterocycles. The summed E-state index contributed by atoms with van der Waals surface area (Å²) in [6.07, 6.45) is 1.20. The molecule has 0 radical (unpaired) electrons. The van der Waals surface area contributed by atoms with Crippen LogP contribution in [0.2, 0.25) is 0 Å². The molecule has 2 rings (SSSR count). The largest absolute Gasteiger partial charge is 0.493 e. The molecule has 2 aromatic rings. The Morgan fingerprint density at radius 3 is 2.37 bits per heavy atom. The summed E-state index contributed by atoms with van der Waals surface area (Å²) in [6, 6.07) is 12.4. The van der Waals surface area contributed by atoms with Gasteiger partial charge in [0.25, 0.3) is 0 Å². The molecule has 0 aliphatic carbocycles. The van der Waals surface area contributed by atoms with Gasteiger partial charge in [-0.2, -0.15) is 0 Å².